The zero-order valence-electron chi connectivity index (χ0n) is 14.5. The Bertz CT molecular complexity index is 883. The molecule has 2 N–H and O–H groups in total. The topological polar surface area (TPSA) is 74.6 Å². The summed E-state index contributed by atoms with van der Waals surface area (Å²) < 4.78 is 5.04. The average molecular weight is 349 g/mol. The maximum Gasteiger partial charge on any atom is 0.291 e. The Morgan fingerprint density at radius 2 is 1.38 bits per heavy atom. The summed E-state index contributed by atoms with van der Waals surface area (Å²) in [6.07, 6.45) is 1.44. The van der Waals surface area contributed by atoms with Crippen LogP contribution in [0, 0.1) is 0 Å². The van der Waals surface area contributed by atoms with E-state index in [1.807, 2.05) is 31.1 Å². The second kappa shape index (κ2) is 7.57. The quantitative estimate of drug-likeness (QED) is 0.734. The van der Waals surface area contributed by atoms with Crippen LogP contribution in [-0.4, -0.2) is 25.9 Å². The average Bonchev–Trinajstić information content (AvgIpc) is 3.18. The van der Waals surface area contributed by atoms with Crippen molar-refractivity contribution in [2.45, 2.75) is 0 Å². The molecule has 3 aromatic rings. The van der Waals surface area contributed by atoms with Gasteiger partial charge in [-0.3, -0.25) is 9.59 Å². The van der Waals surface area contributed by atoms with Crippen molar-refractivity contribution in [3.63, 3.8) is 0 Å². The molecule has 0 fully saturated rings. The van der Waals surface area contributed by atoms with Crippen LogP contribution in [0.3, 0.4) is 0 Å². The van der Waals surface area contributed by atoms with Crippen LogP contribution in [0.15, 0.2) is 71.3 Å². The maximum absolute atomic E-state index is 12.3. The van der Waals surface area contributed by atoms with Gasteiger partial charge in [0.1, 0.15) is 0 Å². The Kier molecular flexibility index (Phi) is 5.03. The van der Waals surface area contributed by atoms with Crippen LogP contribution in [0.5, 0.6) is 0 Å². The molecule has 0 bridgehead atoms. The molecule has 26 heavy (non-hydrogen) atoms. The molecular formula is C20H19N3O3. The Labute approximate surface area is 151 Å². The van der Waals surface area contributed by atoms with Crippen LogP contribution >= 0.6 is 0 Å². The van der Waals surface area contributed by atoms with Crippen LogP contribution in [0.25, 0.3) is 0 Å². The molecule has 2 aromatic carbocycles. The zero-order valence-corrected chi connectivity index (χ0v) is 14.5. The highest BCUT2D eigenvalue weighted by atomic mass is 16.3. The molecule has 1 aromatic heterocycles. The SMILES string of the molecule is CN(C)c1ccc(C(=O)Nc2ccc(NC(=O)c3ccco3)cc2)cc1. The van der Waals surface area contributed by atoms with E-state index in [0.717, 1.165) is 5.69 Å². The minimum absolute atomic E-state index is 0.192. The summed E-state index contributed by atoms with van der Waals surface area (Å²) in [4.78, 5) is 26.2. The van der Waals surface area contributed by atoms with E-state index >= 15 is 0 Å². The van der Waals surface area contributed by atoms with E-state index in [1.54, 1.807) is 48.5 Å². The summed E-state index contributed by atoms with van der Waals surface area (Å²) in [5.74, 6) is -0.279. The van der Waals surface area contributed by atoms with Crippen molar-refractivity contribution in [1.29, 1.82) is 0 Å². The molecule has 0 unspecified atom stereocenters. The summed E-state index contributed by atoms with van der Waals surface area (Å²) in [5.41, 5.74) is 2.85. The lowest BCUT2D eigenvalue weighted by molar-refractivity contribution is 0.0994. The van der Waals surface area contributed by atoms with Crippen LogP contribution < -0.4 is 15.5 Å². The number of nitrogens with one attached hydrogen (secondary N) is 2. The molecule has 0 saturated carbocycles. The van der Waals surface area contributed by atoms with Gasteiger partial charge in [0.05, 0.1) is 6.26 Å². The van der Waals surface area contributed by atoms with Gasteiger partial charge in [-0.05, 0) is 60.7 Å². The van der Waals surface area contributed by atoms with Gasteiger partial charge in [-0.25, -0.2) is 0 Å². The van der Waals surface area contributed by atoms with E-state index in [9.17, 15) is 9.59 Å². The van der Waals surface area contributed by atoms with Gasteiger partial charge in [-0.15, -0.1) is 0 Å². The number of carbonyl (C=O) groups is 2. The highest BCUT2D eigenvalue weighted by Gasteiger charge is 2.09. The van der Waals surface area contributed by atoms with Gasteiger partial charge in [0.15, 0.2) is 5.76 Å². The zero-order chi connectivity index (χ0) is 18.5. The Balaban J connectivity index is 1.61. The van der Waals surface area contributed by atoms with Gasteiger partial charge in [0.2, 0.25) is 0 Å². The fraction of sp³-hybridized carbons (Fsp3) is 0.100. The van der Waals surface area contributed by atoms with Gasteiger partial charge in [0.25, 0.3) is 11.8 Å². The highest BCUT2D eigenvalue weighted by Crippen LogP contribution is 2.17. The predicted octanol–water partition coefficient (Wildman–Crippen LogP) is 3.85. The minimum Gasteiger partial charge on any atom is -0.459 e. The third kappa shape index (κ3) is 4.10. The van der Waals surface area contributed by atoms with Crippen LogP contribution in [0.1, 0.15) is 20.9 Å². The third-order valence-electron chi connectivity index (χ3n) is 3.79. The van der Waals surface area contributed by atoms with Crippen LogP contribution in [-0.2, 0) is 0 Å². The molecule has 1 heterocycles. The minimum atomic E-state index is -0.326. The number of carbonyl (C=O) groups excluding carboxylic acids is 2. The summed E-state index contributed by atoms with van der Waals surface area (Å²) in [7, 11) is 3.89. The number of hydrogen-bond donors (Lipinski definition) is 2. The first-order valence-corrected chi connectivity index (χ1v) is 8.06. The second-order valence-electron chi connectivity index (χ2n) is 5.90. The number of benzene rings is 2. The number of hydrogen-bond acceptors (Lipinski definition) is 4. The first-order valence-electron chi connectivity index (χ1n) is 8.06. The second-order valence-corrected chi connectivity index (χ2v) is 5.90. The monoisotopic (exact) mass is 349 g/mol. The molecule has 132 valence electrons. The summed E-state index contributed by atoms with van der Waals surface area (Å²) in [6, 6.07) is 17.5. The Hall–Kier alpha value is -3.54. The molecule has 2 amide bonds. The molecule has 6 nitrogen and oxygen atoms in total. The molecule has 0 aliphatic carbocycles. The van der Waals surface area contributed by atoms with Gasteiger partial charge >= 0.3 is 0 Å². The largest absolute Gasteiger partial charge is 0.459 e. The smallest absolute Gasteiger partial charge is 0.291 e. The summed E-state index contributed by atoms with van der Waals surface area (Å²) >= 11 is 0. The Morgan fingerprint density at radius 3 is 1.88 bits per heavy atom. The molecule has 0 atom stereocenters. The first-order chi connectivity index (χ1) is 12.5. The molecule has 0 radical (unpaired) electrons. The molecular weight excluding hydrogens is 330 g/mol. The lowest BCUT2D eigenvalue weighted by atomic mass is 10.2. The van der Waals surface area contributed by atoms with Crippen molar-refractivity contribution in [1.82, 2.24) is 0 Å². The van der Waals surface area contributed by atoms with Crippen molar-refractivity contribution in [2.75, 3.05) is 29.6 Å². The van der Waals surface area contributed by atoms with Crippen molar-refractivity contribution < 1.29 is 14.0 Å². The van der Waals surface area contributed by atoms with Gasteiger partial charge in [-0.1, -0.05) is 0 Å². The normalized spacial score (nSPS) is 10.2. The summed E-state index contributed by atoms with van der Waals surface area (Å²) in [6.45, 7) is 0. The van der Waals surface area contributed by atoms with Crippen molar-refractivity contribution >= 4 is 28.9 Å². The van der Waals surface area contributed by atoms with Crippen LogP contribution in [0.2, 0.25) is 0 Å². The van der Waals surface area contributed by atoms with Gasteiger partial charge in [0, 0.05) is 36.7 Å². The number of rotatable bonds is 5. The van der Waals surface area contributed by atoms with Crippen LogP contribution in [0.4, 0.5) is 17.1 Å². The van der Waals surface area contributed by atoms with E-state index in [4.69, 9.17) is 4.42 Å². The lowest BCUT2D eigenvalue weighted by Gasteiger charge is -2.12. The predicted molar refractivity (Wildman–Crippen MR) is 102 cm³/mol. The third-order valence-corrected chi connectivity index (χ3v) is 3.79. The van der Waals surface area contributed by atoms with E-state index < -0.39 is 0 Å². The number of nitrogens with zero attached hydrogens (tertiary/aromatic N) is 1. The van der Waals surface area contributed by atoms with E-state index in [2.05, 4.69) is 10.6 Å². The van der Waals surface area contributed by atoms with Crippen molar-refractivity contribution in [3.05, 3.63) is 78.3 Å². The lowest BCUT2D eigenvalue weighted by Crippen LogP contribution is -2.13. The molecule has 3 rings (SSSR count). The molecule has 0 aliphatic rings. The first kappa shape index (κ1) is 17.3. The van der Waals surface area contributed by atoms with Crippen molar-refractivity contribution in [3.8, 4) is 0 Å². The number of amides is 2. The molecule has 0 aliphatic heterocycles. The summed E-state index contributed by atoms with van der Waals surface area (Å²) in [5, 5.41) is 5.55. The highest BCUT2D eigenvalue weighted by molar-refractivity contribution is 6.05. The maximum atomic E-state index is 12.3. The number of anilines is 3. The molecule has 6 heteroatoms. The van der Waals surface area contributed by atoms with E-state index in [0.29, 0.717) is 16.9 Å². The van der Waals surface area contributed by atoms with E-state index in [1.165, 1.54) is 6.26 Å². The van der Waals surface area contributed by atoms with Gasteiger partial charge < -0.3 is 20.0 Å². The van der Waals surface area contributed by atoms with Crippen molar-refractivity contribution in [2.24, 2.45) is 0 Å². The fourth-order valence-corrected chi connectivity index (χ4v) is 2.35. The van der Waals surface area contributed by atoms with E-state index in [-0.39, 0.29) is 17.6 Å². The molecule has 0 saturated heterocycles. The van der Waals surface area contributed by atoms with Gasteiger partial charge in [-0.2, -0.15) is 0 Å². The molecule has 0 spiro atoms. The fourth-order valence-electron chi connectivity index (χ4n) is 2.35. The standard InChI is InChI=1S/C20H19N3O3/c1-23(2)17-11-5-14(6-12-17)19(24)21-15-7-9-16(10-8-15)22-20(25)18-4-3-13-26-18/h3-13H,1-2H3,(H,21,24)(H,22,25). The Morgan fingerprint density at radius 1 is 0.808 bits per heavy atom. The number of furan rings is 1.